The number of esters is 1. The minimum Gasteiger partial charge on any atom is -0.486 e. The molecule has 8 heteroatoms. The Hall–Kier alpha value is -1.84. The lowest BCUT2D eigenvalue weighted by Crippen LogP contribution is -2.39. The van der Waals surface area contributed by atoms with Crippen LogP contribution in [-0.2, 0) is 9.47 Å². The Bertz CT molecular complexity index is 712. The summed E-state index contributed by atoms with van der Waals surface area (Å²) in [5.74, 6) is 0.0765. The Balaban J connectivity index is 1.93. The number of hydrogen-bond donors (Lipinski definition) is 0. The smallest absolute Gasteiger partial charge is 0.410 e. The van der Waals surface area contributed by atoms with Crippen LogP contribution < -0.4 is 4.74 Å². The highest BCUT2D eigenvalue weighted by Gasteiger charge is 2.23. The summed E-state index contributed by atoms with van der Waals surface area (Å²) < 4.78 is 16.5. The number of ether oxygens (including phenoxy) is 3. The van der Waals surface area contributed by atoms with E-state index in [1.165, 1.54) is 13.3 Å². The maximum Gasteiger partial charge on any atom is 0.410 e. The van der Waals surface area contributed by atoms with Gasteiger partial charge < -0.3 is 19.1 Å². The van der Waals surface area contributed by atoms with Gasteiger partial charge in [0.05, 0.1) is 12.7 Å². The zero-order valence-corrected chi connectivity index (χ0v) is 17.5. The van der Waals surface area contributed by atoms with Crippen molar-refractivity contribution in [3.05, 3.63) is 33.2 Å². The molecule has 2 rings (SSSR count). The number of rotatable bonds is 4. The fraction of sp³-hybridized carbons (Fsp3) is 0.500. The SMILES string of the molecule is COC(=O)c1cnc(I)c(OCC2=CCN(C(=O)OC(C)(C)C)CC2)c1. The van der Waals surface area contributed by atoms with E-state index in [-0.39, 0.29) is 6.09 Å². The van der Waals surface area contributed by atoms with Crippen molar-refractivity contribution in [3.8, 4) is 5.75 Å². The van der Waals surface area contributed by atoms with Gasteiger partial charge in [0.1, 0.15) is 15.9 Å². The van der Waals surface area contributed by atoms with E-state index in [9.17, 15) is 9.59 Å². The van der Waals surface area contributed by atoms with Crippen molar-refractivity contribution in [2.75, 3.05) is 26.8 Å². The minimum absolute atomic E-state index is 0.307. The fourth-order valence-electron chi connectivity index (χ4n) is 2.26. The van der Waals surface area contributed by atoms with Crippen molar-refractivity contribution < 1.29 is 23.8 Å². The third kappa shape index (κ3) is 5.86. The molecule has 26 heavy (non-hydrogen) atoms. The third-order valence-corrected chi connectivity index (χ3v) is 4.41. The molecule has 0 aliphatic carbocycles. The van der Waals surface area contributed by atoms with Gasteiger partial charge in [-0.3, -0.25) is 0 Å². The second kappa shape index (κ2) is 8.70. The lowest BCUT2D eigenvalue weighted by atomic mass is 10.1. The highest BCUT2D eigenvalue weighted by Crippen LogP contribution is 2.22. The van der Waals surface area contributed by atoms with Crippen LogP contribution in [0.3, 0.4) is 0 Å². The molecule has 0 radical (unpaired) electrons. The molecule has 0 unspecified atom stereocenters. The standard InChI is InChI=1S/C18H23IN2O5/c1-18(2,3)26-17(23)21-7-5-12(6-8-21)11-25-14-9-13(16(22)24-4)10-20-15(14)19/h5,9-10H,6-8,11H2,1-4H3. The van der Waals surface area contributed by atoms with E-state index >= 15 is 0 Å². The summed E-state index contributed by atoms with van der Waals surface area (Å²) >= 11 is 2.05. The first-order valence-corrected chi connectivity index (χ1v) is 9.30. The summed E-state index contributed by atoms with van der Waals surface area (Å²) in [7, 11) is 1.32. The van der Waals surface area contributed by atoms with Gasteiger partial charge in [-0.05, 0) is 61.4 Å². The van der Waals surface area contributed by atoms with Gasteiger partial charge in [0.2, 0.25) is 0 Å². The van der Waals surface area contributed by atoms with Crippen LogP contribution in [0.1, 0.15) is 37.6 Å². The first kappa shape index (κ1) is 20.5. The molecule has 0 fully saturated rings. The molecule has 0 saturated carbocycles. The van der Waals surface area contributed by atoms with Gasteiger partial charge in [-0.2, -0.15) is 0 Å². The number of amides is 1. The Morgan fingerprint density at radius 2 is 2.08 bits per heavy atom. The van der Waals surface area contributed by atoms with E-state index in [0.717, 1.165) is 5.57 Å². The Labute approximate surface area is 166 Å². The summed E-state index contributed by atoms with van der Waals surface area (Å²) in [6.45, 7) is 7.00. The normalized spacial score (nSPS) is 14.5. The predicted octanol–water partition coefficient (Wildman–Crippen LogP) is 3.42. The van der Waals surface area contributed by atoms with Crippen LogP contribution in [-0.4, -0.2) is 54.4 Å². The zero-order valence-electron chi connectivity index (χ0n) is 15.4. The van der Waals surface area contributed by atoms with Gasteiger partial charge in [-0.1, -0.05) is 6.08 Å². The van der Waals surface area contributed by atoms with Crippen LogP contribution in [0.25, 0.3) is 0 Å². The largest absolute Gasteiger partial charge is 0.486 e. The van der Waals surface area contributed by atoms with Gasteiger partial charge >= 0.3 is 12.1 Å². The van der Waals surface area contributed by atoms with E-state index in [2.05, 4.69) is 27.6 Å². The van der Waals surface area contributed by atoms with Crippen LogP contribution in [0, 0.1) is 3.70 Å². The number of nitrogens with zero attached hydrogens (tertiary/aromatic N) is 2. The molecule has 0 spiro atoms. The molecule has 0 N–H and O–H groups in total. The molecular formula is C18H23IN2O5. The lowest BCUT2D eigenvalue weighted by molar-refractivity contribution is 0.0264. The number of aromatic nitrogens is 1. The summed E-state index contributed by atoms with van der Waals surface area (Å²) in [6.07, 6.45) is 3.83. The summed E-state index contributed by atoms with van der Waals surface area (Å²) in [6, 6.07) is 1.62. The van der Waals surface area contributed by atoms with Gasteiger partial charge in [-0.25, -0.2) is 14.6 Å². The number of hydrogen-bond acceptors (Lipinski definition) is 6. The van der Waals surface area contributed by atoms with Crippen molar-refractivity contribution in [2.24, 2.45) is 0 Å². The van der Waals surface area contributed by atoms with Crippen LogP contribution >= 0.6 is 22.6 Å². The van der Waals surface area contributed by atoms with E-state index in [1.54, 1.807) is 11.0 Å². The quantitative estimate of drug-likeness (QED) is 0.288. The Morgan fingerprint density at radius 1 is 1.35 bits per heavy atom. The molecule has 7 nitrogen and oxygen atoms in total. The van der Waals surface area contributed by atoms with Crippen molar-refractivity contribution >= 4 is 34.7 Å². The molecule has 1 aliphatic heterocycles. The summed E-state index contributed by atoms with van der Waals surface area (Å²) in [5.41, 5.74) is 0.930. The molecule has 1 aromatic rings. The third-order valence-electron chi connectivity index (χ3n) is 3.60. The molecule has 0 saturated heterocycles. The van der Waals surface area contributed by atoms with E-state index in [0.29, 0.717) is 41.1 Å². The first-order chi connectivity index (χ1) is 12.2. The maximum absolute atomic E-state index is 12.1. The Morgan fingerprint density at radius 3 is 2.65 bits per heavy atom. The number of methoxy groups -OCH3 is 1. The molecule has 1 aromatic heterocycles. The number of carbonyl (C=O) groups excluding carboxylic acids is 2. The molecule has 0 bridgehead atoms. The van der Waals surface area contributed by atoms with E-state index in [1.807, 2.05) is 26.8 Å². The van der Waals surface area contributed by atoms with Gasteiger partial charge in [0.15, 0.2) is 5.75 Å². The minimum atomic E-state index is -0.501. The molecule has 142 valence electrons. The van der Waals surface area contributed by atoms with Crippen molar-refractivity contribution in [2.45, 2.75) is 32.8 Å². The number of pyridine rings is 1. The van der Waals surface area contributed by atoms with E-state index in [4.69, 9.17) is 14.2 Å². The van der Waals surface area contributed by atoms with Gasteiger partial charge in [0, 0.05) is 19.3 Å². The second-order valence-electron chi connectivity index (χ2n) is 6.83. The van der Waals surface area contributed by atoms with Crippen LogP contribution in [0.4, 0.5) is 4.79 Å². The van der Waals surface area contributed by atoms with Crippen molar-refractivity contribution in [1.29, 1.82) is 0 Å². The Kier molecular flexibility index (Phi) is 6.85. The molecule has 2 heterocycles. The zero-order chi connectivity index (χ0) is 19.3. The van der Waals surface area contributed by atoms with Crippen molar-refractivity contribution in [1.82, 2.24) is 9.88 Å². The molecule has 0 aromatic carbocycles. The van der Waals surface area contributed by atoms with Crippen molar-refractivity contribution in [3.63, 3.8) is 0 Å². The van der Waals surface area contributed by atoms with Crippen LogP contribution in [0.5, 0.6) is 5.75 Å². The maximum atomic E-state index is 12.1. The predicted molar refractivity (Wildman–Crippen MR) is 104 cm³/mol. The summed E-state index contributed by atoms with van der Waals surface area (Å²) in [4.78, 5) is 29.5. The van der Waals surface area contributed by atoms with E-state index < -0.39 is 11.6 Å². The fourth-order valence-corrected chi connectivity index (χ4v) is 2.71. The molecule has 1 amide bonds. The van der Waals surface area contributed by atoms with Gasteiger partial charge in [-0.15, -0.1) is 0 Å². The highest BCUT2D eigenvalue weighted by atomic mass is 127. The monoisotopic (exact) mass is 474 g/mol. The first-order valence-electron chi connectivity index (χ1n) is 8.22. The molecule has 0 atom stereocenters. The topological polar surface area (TPSA) is 78.0 Å². The molecule has 1 aliphatic rings. The highest BCUT2D eigenvalue weighted by molar-refractivity contribution is 14.1. The van der Waals surface area contributed by atoms with Gasteiger partial charge in [0.25, 0.3) is 0 Å². The lowest BCUT2D eigenvalue weighted by Gasteiger charge is -2.29. The number of halogens is 1. The number of carbonyl (C=O) groups is 2. The summed E-state index contributed by atoms with van der Waals surface area (Å²) in [5, 5.41) is 0. The molecular weight excluding hydrogens is 451 g/mol. The van der Waals surface area contributed by atoms with Crippen LogP contribution in [0.15, 0.2) is 23.9 Å². The average molecular weight is 474 g/mol. The van der Waals surface area contributed by atoms with Crippen LogP contribution in [0.2, 0.25) is 0 Å². The average Bonchev–Trinajstić information content (AvgIpc) is 2.59. The second-order valence-corrected chi connectivity index (χ2v) is 7.85.